The highest BCUT2D eigenvalue weighted by Gasteiger charge is 2.13. The maximum absolute atomic E-state index is 12.0. The summed E-state index contributed by atoms with van der Waals surface area (Å²) < 4.78 is 4.61. The van der Waals surface area contributed by atoms with Crippen LogP contribution in [0.1, 0.15) is 20.8 Å². The molecule has 1 N–H and O–H groups in total. The molecule has 5 nitrogen and oxygen atoms in total. The van der Waals surface area contributed by atoms with Gasteiger partial charge in [-0.25, -0.2) is 4.79 Å². The van der Waals surface area contributed by atoms with Gasteiger partial charge >= 0.3 is 5.97 Å². The molecule has 0 aliphatic heterocycles. The third-order valence-corrected chi connectivity index (χ3v) is 3.15. The number of hydrogen-bond acceptors (Lipinski definition) is 4. The van der Waals surface area contributed by atoms with E-state index in [-0.39, 0.29) is 16.3 Å². The summed E-state index contributed by atoms with van der Waals surface area (Å²) in [4.78, 5) is 27.5. The molecule has 2 rings (SSSR count). The molecule has 1 aromatic carbocycles. The lowest BCUT2D eigenvalue weighted by Crippen LogP contribution is -2.14. The SMILES string of the molecule is COC(=O)c1cc(NC(=O)c2cc(Cl)ccn2)ccc1Cl. The fourth-order valence-corrected chi connectivity index (χ4v) is 1.95. The lowest BCUT2D eigenvalue weighted by Gasteiger charge is -2.08. The molecular weight excluding hydrogens is 315 g/mol. The Morgan fingerprint density at radius 3 is 2.62 bits per heavy atom. The second-order valence-electron chi connectivity index (χ2n) is 4.00. The van der Waals surface area contributed by atoms with Gasteiger partial charge in [-0.1, -0.05) is 23.2 Å². The van der Waals surface area contributed by atoms with Crippen LogP contribution in [0, 0.1) is 0 Å². The van der Waals surface area contributed by atoms with Crippen molar-refractivity contribution < 1.29 is 14.3 Å². The first-order chi connectivity index (χ1) is 10.0. The molecule has 0 aliphatic carbocycles. The molecule has 0 atom stereocenters. The predicted molar refractivity (Wildman–Crippen MR) is 80.0 cm³/mol. The van der Waals surface area contributed by atoms with Gasteiger partial charge in [0, 0.05) is 16.9 Å². The van der Waals surface area contributed by atoms with Crippen molar-refractivity contribution >= 4 is 40.8 Å². The largest absolute Gasteiger partial charge is 0.465 e. The molecule has 108 valence electrons. The number of pyridine rings is 1. The quantitative estimate of drug-likeness (QED) is 0.878. The van der Waals surface area contributed by atoms with Crippen LogP contribution in [0.25, 0.3) is 0 Å². The number of hydrogen-bond donors (Lipinski definition) is 1. The maximum Gasteiger partial charge on any atom is 0.339 e. The molecule has 0 saturated heterocycles. The van der Waals surface area contributed by atoms with Gasteiger partial charge < -0.3 is 10.1 Å². The standard InChI is InChI=1S/C14H10Cl2N2O3/c1-21-14(20)10-7-9(2-3-11(10)16)18-13(19)12-6-8(15)4-5-17-12/h2-7H,1H3,(H,18,19). The third kappa shape index (κ3) is 3.71. The summed E-state index contributed by atoms with van der Waals surface area (Å²) in [6.07, 6.45) is 1.43. The van der Waals surface area contributed by atoms with Crippen molar-refractivity contribution in [1.82, 2.24) is 4.98 Å². The van der Waals surface area contributed by atoms with E-state index in [1.54, 1.807) is 12.1 Å². The number of nitrogens with zero attached hydrogens (tertiary/aromatic N) is 1. The second kappa shape index (κ2) is 6.56. The fourth-order valence-electron chi connectivity index (χ4n) is 1.59. The number of carbonyl (C=O) groups excluding carboxylic acids is 2. The molecule has 0 saturated carbocycles. The molecule has 2 aromatic rings. The zero-order valence-corrected chi connectivity index (χ0v) is 12.4. The molecule has 0 unspecified atom stereocenters. The molecule has 21 heavy (non-hydrogen) atoms. The first-order valence-corrected chi connectivity index (χ1v) is 6.57. The average Bonchev–Trinajstić information content (AvgIpc) is 2.48. The molecule has 7 heteroatoms. The molecule has 1 amide bonds. The number of aromatic nitrogens is 1. The van der Waals surface area contributed by atoms with E-state index in [1.807, 2.05) is 0 Å². The zero-order chi connectivity index (χ0) is 15.4. The summed E-state index contributed by atoms with van der Waals surface area (Å²) in [6, 6.07) is 7.49. The molecule has 0 bridgehead atoms. The number of amides is 1. The molecule has 0 fully saturated rings. The number of esters is 1. The average molecular weight is 325 g/mol. The summed E-state index contributed by atoms with van der Waals surface area (Å²) in [5.41, 5.74) is 0.722. The highest BCUT2D eigenvalue weighted by molar-refractivity contribution is 6.33. The van der Waals surface area contributed by atoms with E-state index < -0.39 is 11.9 Å². The molecule has 0 aliphatic rings. The van der Waals surface area contributed by atoms with Crippen molar-refractivity contribution in [1.29, 1.82) is 0 Å². The van der Waals surface area contributed by atoms with Crippen LogP contribution in [-0.4, -0.2) is 24.0 Å². The third-order valence-electron chi connectivity index (χ3n) is 2.58. The van der Waals surface area contributed by atoms with E-state index in [0.717, 1.165) is 0 Å². The Hall–Kier alpha value is -2.11. The summed E-state index contributed by atoms with van der Waals surface area (Å²) in [6.45, 7) is 0. The van der Waals surface area contributed by atoms with Gasteiger partial charge in [0.05, 0.1) is 17.7 Å². The number of halogens is 2. The minimum atomic E-state index is -0.586. The van der Waals surface area contributed by atoms with Crippen molar-refractivity contribution in [2.45, 2.75) is 0 Å². The predicted octanol–water partition coefficient (Wildman–Crippen LogP) is 3.43. The van der Waals surface area contributed by atoms with Crippen molar-refractivity contribution in [2.75, 3.05) is 12.4 Å². The van der Waals surface area contributed by atoms with Crippen LogP contribution in [0.5, 0.6) is 0 Å². The van der Waals surface area contributed by atoms with E-state index in [9.17, 15) is 9.59 Å². The Morgan fingerprint density at radius 2 is 1.95 bits per heavy atom. The van der Waals surface area contributed by atoms with Crippen molar-refractivity contribution in [3.63, 3.8) is 0 Å². The van der Waals surface area contributed by atoms with Gasteiger partial charge in [0.25, 0.3) is 5.91 Å². The summed E-state index contributed by atoms with van der Waals surface area (Å²) >= 11 is 11.7. The van der Waals surface area contributed by atoms with Crippen LogP contribution in [0.4, 0.5) is 5.69 Å². The van der Waals surface area contributed by atoms with E-state index in [4.69, 9.17) is 23.2 Å². The van der Waals surface area contributed by atoms with Gasteiger partial charge in [0.2, 0.25) is 0 Å². The molecule has 1 heterocycles. The van der Waals surface area contributed by atoms with Crippen LogP contribution >= 0.6 is 23.2 Å². The highest BCUT2D eigenvalue weighted by Crippen LogP contribution is 2.22. The number of carbonyl (C=O) groups is 2. The first-order valence-electron chi connectivity index (χ1n) is 5.82. The van der Waals surface area contributed by atoms with Crippen LogP contribution in [0.2, 0.25) is 10.0 Å². The molecule has 1 aromatic heterocycles. The van der Waals surface area contributed by atoms with E-state index >= 15 is 0 Å². The van der Waals surface area contributed by atoms with Gasteiger partial charge in [0.15, 0.2) is 0 Å². The molecule has 0 radical (unpaired) electrons. The Labute approximate surface area is 130 Å². The van der Waals surface area contributed by atoms with Gasteiger partial charge in [-0.2, -0.15) is 0 Å². The molecule has 0 spiro atoms. The minimum absolute atomic E-state index is 0.163. The number of ether oxygens (including phenoxy) is 1. The van der Waals surface area contributed by atoms with E-state index in [2.05, 4.69) is 15.0 Å². The van der Waals surface area contributed by atoms with Gasteiger partial charge in [0.1, 0.15) is 5.69 Å². The summed E-state index contributed by atoms with van der Waals surface area (Å²) in [5.74, 6) is -1.03. The topological polar surface area (TPSA) is 68.3 Å². The summed E-state index contributed by atoms with van der Waals surface area (Å²) in [5, 5.41) is 3.25. The first kappa shape index (κ1) is 15.3. The Bertz CT molecular complexity index is 704. The van der Waals surface area contributed by atoms with Crippen LogP contribution in [0.3, 0.4) is 0 Å². The Morgan fingerprint density at radius 1 is 1.19 bits per heavy atom. The number of rotatable bonds is 3. The number of nitrogens with one attached hydrogen (secondary N) is 1. The van der Waals surface area contributed by atoms with Crippen molar-refractivity contribution in [3.05, 3.63) is 57.8 Å². The van der Waals surface area contributed by atoms with Crippen LogP contribution in [-0.2, 0) is 4.74 Å². The van der Waals surface area contributed by atoms with Gasteiger partial charge in [-0.15, -0.1) is 0 Å². The Balaban J connectivity index is 2.24. The monoisotopic (exact) mass is 324 g/mol. The Kier molecular flexibility index (Phi) is 4.77. The molecular formula is C14H10Cl2N2O3. The number of benzene rings is 1. The lowest BCUT2D eigenvalue weighted by molar-refractivity contribution is 0.0600. The number of anilines is 1. The van der Waals surface area contributed by atoms with Crippen molar-refractivity contribution in [2.24, 2.45) is 0 Å². The van der Waals surface area contributed by atoms with E-state index in [0.29, 0.717) is 10.7 Å². The van der Waals surface area contributed by atoms with E-state index in [1.165, 1.54) is 31.5 Å². The van der Waals surface area contributed by atoms with Crippen LogP contribution in [0.15, 0.2) is 36.5 Å². The highest BCUT2D eigenvalue weighted by atomic mass is 35.5. The van der Waals surface area contributed by atoms with Crippen LogP contribution < -0.4 is 5.32 Å². The fraction of sp³-hybridized carbons (Fsp3) is 0.0714. The van der Waals surface area contributed by atoms with Gasteiger partial charge in [-0.05, 0) is 30.3 Å². The normalized spacial score (nSPS) is 10.0. The minimum Gasteiger partial charge on any atom is -0.465 e. The summed E-state index contributed by atoms with van der Waals surface area (Å²) in [7, 11) is 1.25. The maximum atomic E-state index is 12.0. The second-order valence-corrected chi connectivity index (χ2v) is 4.84. The van der Waals surface area contributed by atoms with Gasteiger partial charge in [-0.3, -0.25) is 9.78 Å². The zero-order valence-electron chi connectivity index (χ0n) is 10.9. The van der Waals surface area contributed by atoms with Crippen molar-refractivity contribution in [3.8, 4) is 0 Å². The lowest BCUT2D eigenvalue weighted by atomic mass is 10.2. The smallest absolute Gasteiger partial charge is 0.339 e. The number of methoxy groups -OCH3 is 1.